The van der Waals surface area contributed by atoms with Crippen LogP contribution in [-0.2, 0) is 4.43 Å². The summed E-state index contributed by atoms with van der Waals surface area (Å²) >= 11 is 0. The van der Waals surface area contributed by atoms with Crippen LogP contribution in [0.5, 0.6) is 0 Å². The van der Waals surface area contributed by atoms with Gasteiger partial charge in [0, 0.05) is 15.2 Å². The van der Waals surface area contributed by atoms with Crippen molar-refractivity contribution >= 4 is 17.8 Å². The molecule has 0 aliphatic carbocycles. The fourth-order valence-electron chi connectivity index (χ4n) is 2.92. The molecule has 0 fully saturated rings. The number of alkyl halides is 3. The van der Waals surface area contributed by atoms with Crippen LogP contribution >= 0.6 is 0 Å². The monoisotopic (exact) mass is 328 g/mol. The maximum atomic E-state index is 12.6. The second-order valence-electron chi connectivity index (χ2n) is 7.27. The second kappa shape index (κ2) is 6.96. The molecule has 122 valence electrons. The molecule has 2 atom stereocenters. The van der Waals surface area contributed by atoms with Gasteiger partial charge in [-0.3, -0.25) is 0 Å². The van der Waals surface area contributed by atoms with Crippen molar-refractivity contribution in [3.8, 4) is 0 Å². The molecule has 0 spiro atoms. The molecule has 0 aliphatic heterocycles. The van der Waals surface area contributed by atoms with Crippen LogP contribution in [0.1, 0.15) is 40.5 Å². The van der Waals surface area contributed by atoms with Gasteiger partial charge in [0.25, 0.3) is 0 Å². The average Bonchev–Trinajstić information content (AvgIpc) is 2.21. The smallest absolute Gasteiger partial charge is 0.389 e. The largest absolute Gasteiger partial charge is 0.415 e. The van der Waals surface area contributed by atoms with Gasteiger partial charge in [-0.15, -0.1) is 0 Å². The van der Waals surface area contributed by atoms with E-state index < -0.39 is 30.4 Å². The van der Waals surface area contributed by atoms with E-state index >= 15 is 0 Å². The van der Waals surface area contributed by atoms with Gasteiger partial charge in [-0.25, -0.2) is 0 Å². The van der Waals surface area contributed by atoms with Gasteiger partial charge >= 0.3 is 6.18 Å². The molecule has 0 saturated carbocycles. The van der Waals surface area contributed by atoms with E-state index in [4.69, 9.17) is 4.43 Å². The Bertz CT molecular complexity index is 303. The summed E-state index contributed by atoms with van der Waals surface area (Å²) in [5, 5.41) is -0.248. The van der Waals surface area contributed by atoms with E-state index in [0.717, 1.165) is 0 Å². The van der Waals surface area contributed by atoms with E-state index in [9.17, 15) is 13.2 Å². The molecule has 0 aliphatic rings. The highest BCUT2D eigenvalue weighted by atomic mass is 28.3. The first kappa shape index (κ1) is 20.2. The number of rotatable bonds is 7. The topological polar surface area (TPSA) is 9.23 Å². The van der Waals surface area contributed by atoms with E-state index in [1.54, 1.807) is 0 Å². The lowest BCUT2D eigenvalue weighted by Gasteiger charge is -2.48. The molecule has 0 aromatic carbocycles. The molecule has 0 saturated heterocycles. The summed E-state index contributed by atoms with van der Waals surface area (Å²) in [6, 6.07) is 0. The summed E-state index contributed by atoms with van der Waals surface area (Å²) in [4.78, 5) is 0. The molecule has 0 radical (unpaired) electrons. The minimum absolute atomic E-state index is 0.124. The Kier molecular flexibility index (Phi) is 7.03. The lowest BCUT2D eigenvalue weighted by Crippen LogP contribution is -2.46. The van der Waals surface area contributed by atoms with E-state index in [0.29, 0.717) is 0 Å². The van der Waals surface area contributed by atoms with E-state index in [2.05, 4.69) is 33.1 Å². The molecule has 0 N–H and O–H groups in total. The third-order valence-electron chi connectivity index (χ3n) is 4.84. The highest BCUT2D eigenvalue weighted by molar-refractivity contribution is 6.59. The second-order valence-corrected chi connectivity index (χ2v) is 13.2. The van der Waals surface area contributed by atoms with Crippen LogP contribution in [0, 0.1) is 5.92 Å². The fraction of sp³-hybridized carbons (Fsp3) is 1.00. The van der Waals surface area contributed by atoms with Gasteiger partial charge in [-0.1, -0.05) is 26.9 Å². The van der Waals surface area contributed by atoms with Gasteiger partial charge in [0.15, 0.2) is 9.04 Å². The van der Waals surface area contributed by atoms with Gasteiger partial charge in [0.2, 0.25) is 0 Å². The first-order valence-corrected chi connectivity index (χ1v) is 13.1. The van der Waals surface area contributed by atoms with Gasteiger partial charge in [-0.05, 0) is 44.3 Å². The van der Waals surface area contributed by atoms with E-state index in [-0.39, 0.29) is 23.0 Å². The van der Waals surface area contributed by atoms with Crippen LogP contribution < -0.4 is 0 Å². The zero-order valence-corrected chi connectivity index (χ0v) is 16.5. The zero-order valence-electron chi connectivity index (χ0n) is 14.2. The van der Waals surface area contributed by atoms with Crippen molar-refractivity contribution in [2.45, 2.75) is 83.5 Å². The first-order valence-electron chi connectivity index (χ1n) is 7.47. The molecule has 0 bridgehead atoms. The SMILES string of the molecule is CC(C(C)(C)O[SiH](C)C)C(C)(CCC(F)(F)F)[SiH](C)C. The molecule has 2 unspecified atom stereocenters. The Morgan fingerprint density at radius 2 is 1.40 bits per heavy atom. The average molecular weight is 329 g/mol. The fourth-order valence-corrected chi connectivity index (χ4v) is 6.46. The lowest BCUT2D eigenvalue weighted by atomic mass is 9.79. The van der Waals surface area contributed by atoms with Gasteiger partial charge in [0.05, 0.1) is 5.60 Å². The number of halogens is 3. The third-order valence-corrected chi connectivity index (χ3v) is 9.34. The molecule has 6 heteroatoms. The standard InChI is InChI=1S/C14H31F3OSi2/c1-11(12(2,3)18-20(7)8)13(4,19(5)6)9-10-14(15,16)17/h11,19-20H,9-10H2,1-8H3. The maximum Gasteiger partial charge on any atom is 0.389 e. The first-order chi connectivity index (χ1) is 8.72. The van der Waals surface area contributed by atoms with Crippen molar-refractivity contribution in [1.29, 1.82) is 0 Å². The summed E-state index contributed by atoms with van der Waals surface area (Å²) < 4.78 is 43.9. The molecule has 0 aromatic rings. The van der Waals surface area contributed by atoms with E-state index in [1.165, 1.54) is 0 Å². The third kappa shape index (κ3) is 5.89. The predicted octanol–water partition coefficient (Wildman–Crippen LogP) is 4.99. The summed E-state index contributed by atoms with van der Waals surface area (Å²) in [7, 11) is -2.47. The molecule has 0 heterocycles. The van der Waals surface area contributed by atoms with E-state index in [1.807, 2.05) is 20.8 Å². The van der Waals surface area contributed by atoms with Gasteiger partial charge < -0.3 is 4.43 Å². The minimum atomic E-state index is -4.07. The molecule has 1 nitrogen and oxygen atoms in total. The van der Waals surface area contributed by atoms with Crippen molar-refractivity contribution in [3.05, 3.63) is 0 Å². The van der Waals surface area contributed by atoms with Gasteiger partial charge in [0.1, 0.15) is 0 Å². The Morgan fingerprint density at radius 1 is 0.950 bits per heavy atom. The normalized spacial score (nSPS) is 18.4. The highest BCUT2D eigenvalue weighted by Crippen LogP contribution is 2.50. The Labute approximate surface area is 125 Å². The summed E-state index contributed by atoms with van der Waals surface area (Å²) in [5.74, 6) is 0.124. The lowest BCUT2D eigenvalue weighted by molar-refractivity contribution is -0.139. The van der Waals surface area contributed by atoms with Gasteiger partial charge in [-0.2, -0.15) is 13.2 Å². The Morgan fingerprint density at radius 3 is 1.70 bits per heavy atom. The summed E-state index contributed by atoms with van der Waals surface area (Å²) in [6.45, 7) is 16.7. The maximum absolute atomic E-state index is 12.6. The summed E-state index contributed by atoms with van der Waals surface area (Å²) in [6.07, 6.45) is -4.54. The molecule has 20 heavy (non-hydrogen) atoms. The molecule has 0 rings (SSSR count). The molecule has 0 amide bonds. The summed E-state index contributed by atoms with van der Waals surface area (Å²) in [5.41, 5.74) is -0.349. The van der Waals surface area contributed by atoms with Crippen LogP contribution in [0.15, 0.2) is 0 Å². The molecular formula is C14H31F3OSi2. The van der Waals surface area contributed by atoms with Crippen molar-refractivity contribution in [3.63, 3.8) is 0 Å². The quantitative estimate of drug-likeness (QED) is 0.598. The minimum Gasteiger partial charge on any atom is -0.415 e. The van der Waals surface area contributed by atoms with Crippen LogP contribution in [-0.4, -0.2) is 29.6 Å². The number of hydrogen-bond acceptors (Lipinski definition) is 1. The van der Waals surface area contributed by atoms with Crippen LogP contribution in [0.25, 0.3) is 0 Å². The predicted molar refractivity (Wildman–Crippen MR) is 85.7 cm³/mol. The van der Waals surface area contributed by atoms with Crippen molar-refractivity contribution in [2.24, 2.45) is 5.92 Å². The van der Waals surface area contributed by atoms with Crippen molar-refractivity contribution in [1.82, 2.24) is 0 Å². The van der Waals surface area contributed by atoms with Crippen LogP contribution in [0.4, 0.5) is 13.2 Å². The number of hydrogen-bond donors (Lipinski definition) is 0. The Hall–Kier alpha value is 0.184. The molecular weight excluding hydrogens is 297 g/mol. The van der Waals surface area contributed by atoms with Crippen LogP contribution in [0.3, 0.4) is 0 Å². The van der Waals surface area contributed by atoms with Crippen molar-refractivity contribution < 1.29 is 17.6 Å². The van der Waals surface area contributed by atoms with Crippen LogP contribution in [0.2, 0.25) is 31.2 Å². The van der Waals surface area contributed by atoms with Crippen molar-refractivity contribution in [2.75, 3.05) is 0 Å². The highest BCUT2D eigenvalue weighted by Gasteiger charge is 2.45. The Balaban J connectivity index is 5.15. The zero-order chi connectivity index (χ0) is 16.4. The molecule has 0 aromatic heterocycles.